The first-order valence-electron chi connectivity index (χ1n) is 7.63. The molecule has 3 rings (SSSR count). The minimum Gasteiger partial charge on any atom is -0.496 e. The molecule has 122 valence electrons. The summed E-state index contributed by atoms with van der Waals surface area (Å²) in [6.45, 7) is 3.64. The first-order valence-corrected chi connectivity index (χ1v) is 9.11. The van der Waals surface area contributed by atoms with E-state index < -0.39 is 15.6 Å². The van der Waals surface area contributed by atoms with Crippen LogP contribution in [0.4, 0.5) is 0 Å². The Balaban J connectivity index is 1.96. The second kappa shape index (κ2) is 5.65. The minimum absolute atomic E-state index is 0.318. The van der Waals surface area contributed by atoms with Gasteiger partial charge in [0.25, 0.3) is 0 Å². The molecule has 0 aliphatic heterocycles. The van der Waals surface area contributed by atoms with Gasteiger partial charge in [0.05, 0.1) is 17.5 Å². The average Bonchev–Trinajstić information content (AvgIpc) is 3.30. The fourth-order valence-corrected chi connectivity index (χ4v) is 4.68. The third-order valence-electron chi connectivity index (χ3n) is 4.39. The summed E-state index contributed by atoms with van der Waals surface area (Å²) in [5.74, 6) is 0.700. The number of sulfonamides is 1. The Labute approximate surface area is 137 Å². The van der Waals surface area contributed by atoms with E-state index in [1.54, 1.807) is 26.2 Å². The normalized spacial score (nSPS) is 16.1. The zero-order valence-electron chi connectivity index (χ0n) is 13.6. The predicted octanol–water partition coefficient (Wildman–Crippen LogP) is 3.28. The molecule has 0 radical (unpaired) electrons. The van der Waals surface area contributed by atoms with E-state index in [0.29, 0.717) is 16.2 Å². The number of hydrogen-bond donors (Lipinski definition) is 1. The molecule has 4 nitrogen and oxygen atoms in total. The second-order valence-electron chi connectivity index (χ2n) is 6.14. The summed E-state index contributed by atoms with van der Waals surface area (Å²) in [6.07, 6.45) is 1.65. The molecule has 2 aromatic carbocycles. The molecule has 0 heterocycles. The lowest BCUT2D eigenvalue weighted by atomic mass is 10.1. The van der Waals surface area contributed by atoms with Gasteiger partial charge in [-0.2, -0.15) is 0 Å². The van der Waals surface area contributed by atoms with Gasteiger partial charge in [0.15, 0.2) is 0 Å². The molecule has 0 aromatic heterocycles. The molecule has 5 heteroatoms. The maximum Gasteiger partial charge on any atom is 0.241 e. The molecule has 1 aliphatic carbocycles. The van der Waals surface area contributed by atoms with Crippen molar-refractivity contribution in [3.8, 4) is 5.75 Å². The van der Waals surface area contributed by atoms with Gasteiger partial charge in [-0.1, -0.05) is 30.3 Å². The molecule has 0 amide bonds. The second-order valence-corrected chi connectivity index (χ2v) is 7.79. The first kappa shape index (κ1) is 16.0. The summed E-state index contributed by atoms with van der Waals surface area (Å²) in [6, 6.07) is 13.2. The summed E-state index contributed by atoms with van der Waals surface area (Å²) < 4.78 is 33.9. The third kappa shape index (κ3) is 2.99. The SMILES string of the molecule is COc1cc(C)c(S(=O)(=O)NC2(c3ccccc3)CC2)cc1C. The van der Waals surface area contributed by atoms with Crippen LogP contribution in [0, 0.1) is 13.8 Å². The van der Waals surface area contributed by atoms with Crippen molar-refractivity contribution in [2.75, 3.05) is 7.11 Å². The van der Waals surface area contributed by atoms with Gasteiger partial charge in [-0.15, -0.1) is 0 Å². The number of rotatable bonds is 5. The Hall–Kier alpha value is -1.85. The molecule has 1 saturated carbocycles. The fraction of sp³-hybridized carbons (Fsp3) is 0.333. The van der Waals surface area contributed by atoms with Crippen LogP contribution in [-0.2, 0) is 15.6 Å². The Morgan fingerprint density at radius 1 is 1.04 bits per heavy atom. The van der Waals surface area contributed by atoms with E-state index in [4.69, 9.17) is 4.74 Å². The monoisotopic (exact) mass is 331 g/mol. The van der Waals surface area contributed by atoms with Crippen molar-refractivity contribution in [1.29, 1.82) is 0 Å². The molecule has 0 bridgehead atoms. The van der Waals surface area contributed by atoms with Crippen molar-refractivity contribution in [3.05, 3.63) is 59.2 Å². The Morgan fingerprint density at radius 2 is 1.70 bits per heavy atom. The summed E-state index contributed by atoms with van der Waals surface area (Å²) in [5.41, 5.74) is 2.05. The van der Waals surface area contributed by atoms with E-state index in [1.807, 2.05) is 37.3 Å². The van der Waals surface area contributed by atoms with Crippen molar-refractivity contribution in [1.82, 2.24) is 4.72 Å². The van der Waals surface area contributed by atoms with Crippen molar-refractivity contribution in [2.45, 2.75) is 37.1 Å². The topological polar surface area (TPSA) is 55.4 Å². The quantitative estimate of drug-likeness (QED) is 0.915. The van der Waals surface area contributed by atoms with E-state index in [0.717, 1.165) is 24.0 Å². The van der Waals surface area contributed by atoms with Crippen molar-refractivity contribution in [3.63, 3.8) is 0 Å². The zero-order valence-corrected chi connectivity index (χ0v) is 14.4. The molecular weight excluding hydrogens is 310 g/mol. The number of methoxy groups -OCH3 is 1. The van der Waals surface area contributed by atoms with Crippen LogP contribution in [0.15, 0.2) is 47.4 Å². The summed E-state index contributed by atoms with van der Waals surface area (Å²) in [5, 5.41) is 0. The number of nitrogens with one attached hydrogen (secondary N) is 1. The van der Waals surface area contributed by atoms with E-state index in [1.165, 1.54) is 0 Å². The average molecular weight is 331 g/mol. The van der Waals surface area contributed by atoms with Gasteiger partial charge < -0.3 is 4.74 Å². The molecule has 23 heavy (non-hydrogen) atoms. The highest BCUT2D eigenvalue weighted by Crippen LogP contribution is 2.46. The van der Waals surface area contributed by atoms with Crippen LogP contribution in [0.5, 0.6) is 5.75 Å². The van der Waals surface area contributed by atoms with Gasteiger partial charge in [0.2, 0.25) is 10.0 Å². The Bertz CT molecular complexity index is 825. The van der Waals surface area contributed by atoms with E-state index in [2.05, 4.69) is 4.72 Å². The van der Waals surface area contributed by atoms with E-state index in [9.17, 15) is 8.42 Å². The predicted molar refractivity (Wildman–Crippen MR) is 90.1 cm³/mol. The number of aryl methyl sites for hydroxylation is 2. The van der Waals surface area contributed by atoms with Crippen LogP contribution in [0.1, 0.15) is 29.5 Å². The van der Waals surface area contributed by atoms with Gasteiger partial charge in [-0.05, 0) is 55.5 Å². The lowest BCUT2D eigenvalue weighted by molar-refractivity contribution is 0.411. The smallest absolute Gasteiger partial charge is 0.241 e. The molecular formula is C18H21NO3S. The standard InChI is InChI=1S/C18H21NO3S/c1-13-12-17(14(2)11-16(13)22-3)23(20,21)19-18(9-10-18)15-7-5-4-6-8-15/h4-8,11-12,19H,9-10H2,1-3H3. The van der Waals surface area contributed by atoms with Crippen LogP contribution in [0.3, 0.4) is 0 Å². The summed E-state index contributed by atoms with van der Waals surface area (Å²) in [4.78, 5) is 0.318. The van der Waals surface area contributed by atoms with Crippen LogP contribution in [0.25, 0.3) is 0 Å². The largest absolute Gasteiger partial charge is 0.496 e. The molecule has 1 N–H and O–H groups in total. The highest BCUT2D eigenvalue weighted by Gasteiger charge is 2.47. The number of ether oxygens (including phenoxy) is 1. The lowest BCUT2D eigenvalue weighted by Crippen LogP contribution is -2.35. The molecule has 2 aromatic rings. The molecule has 0 saturated heterocycles. The molecule has 0 spiro atoms. The highest BCUT2D eigenvalue weighted by molar-refractivity contribution is 7.89. The van der Waals surface area contributed by atoms with Crippen LogP contribution >= 0.6 is 0 Å². The van der Waals surface area contributed by atoms with Crippen LogP contribution < -0.4 is 9.46 Å². The van der Waals surface area contributed by atoms with E-state index in [-0.39, 0.29) is 0 Å². The fourth-order valence-electron chi connectivity index (χ4n) is 2.92. The third-order valence-corrected chi connectivity index (χ3v) is 6.07. The molecule has 0 atom stereocenters. The van der Waals surface area contributed by atoms with Gasteiger partial charge in [0.1, 0.15) is 5.75 Å². The lowest BCUT2D eigenvalue weighted by Gasteiger charge is -2.19. The maximum absolute atomic E-state index is 12.9. The number of hydrogen-bond acceptors (Lipinski definition) is 3. The Morgan fingerprint density at radius 3 is 2.26 bits per heavy atom. The number of benzene rings is 2. The minimum atomic E-state index is -3.59. The van der Waals surface area contributed by atoms with Crippen molar-refractivity contribution < 1.29 is 13.2 Å². The van der Waals surface area contributed by atoms with Gasteiger partial charge in [-0.25, -0.2) is 13.1 Å². The van der Waals surface area contributed by atoms with E-state index >= 15 is 0 Å². The molecule has 1 fully saturated rings. The maximum atomic E-state index is 12.9. The van der Waals surface area contributed by atoms with Crippen molar-refractivity contribution in [2.24, 2.45) is 0 Å². The summed E-state index contributed by atoms with van der Waals surface area (Å²) in [7, 11) is -2.00. The highest BCUT2D eigenvalue weighted by atomic mass is 32.2. The molecule has 1 aliphatic rings. The zero-order chi connectivity index (χ0) is 16.7. The molecule has 0 unspecified atom stereocenters. The summed E-state index contributed by atoms with van der Waals surface area (Å²) >= 11 is 0. The Kier molecular flexibility index (Phi) is 3.94. The van der Waals surface area contributed by atoms with Crippen molar-refractivity contribution >= 4 is 10.0 Å². The van der Waals surface area contributed by atoms with Crippen LogP contribution in [0.2, 0.25) is 0 Å². The first-order chi connectivity index (χ1) is 10.9. The van der Waals surface area contributed by atoms with Gasteiger partial charge in [-0.3, -0.25) is 0 Å². The van der Waals surface area contributed by atoms with Crippen LogP contribution in [-0.4, -0.2) is 15.5 Å². The van der Waals surface area contributed by atoms with Gasteiger partial charge in [0, 0.05) is 0 Å². The van der Waals surface area contributed by atoms with Gasteiger partial charge >= 0.3 is 0 Å².